The minimum Gasteiger partial charge on any atom is -0.494 e. The van der Waals surface area contributed by atoms with Crippen molar-refractivity contribution < 1.29 is 23.6 Å². The van der Waals surface area contributed by atoms with Crippen LogP contribution in [0.3, 0.4) is 0 Å². The van der Waals surface area contributed by atoms with Crippen LogP contribution in [0.15, 0.2) is 83.3 Å². The summed E-state index contributed by atoms with van der Waals surface area (Å²) in [6.45, 7) is 0.685. The highest BCUT2D eigenvalue weighted by molar-refractivity contribution is 6.05. The van der Waals surface area contributed by atoms with Crippen LogP contribution >= 0.6 is 0 Å². The summed E-state index contributed by atoms with van der Waals surface area (Å²) in [5.41, 5.74) is 8.06. The SMILES string of the molecule is CON(CCCOc1ccc(C(=O)Nc2ccccc2N)cc1)C(=O)c1cc2ccccc2o1. The molecule has 8 heteroatoms. The Labute approximate surface area is 196 Å². The lowest BCUT2D eigenvalue weighted by Crippen LogP contribution is -2.31. The Morgan fingerprint density at radius 2 is 1.74 bits per heavy atom. The van der Waals surface area contributed by atoms with Gasteiger partial charge in [-0.2, -0.15) is 0 Å². The van der Waals surface area contributed by atoms with Crippen LogP contribution in [0.25, 0.3) is 11.0 Å². The van der Waals surface area contributed by atoms with Crippen LogP contribution in [0.5, 0.6) is 5.75 Å². The number of nitrogen functional groups attached to an aromatic ring is 1. The standard InChI is InChI=1S/C26H25N3O5/c1-32-29(26(31)24-17-19-7-2-5-10-23(19)34-24)15-6-16-33-20-13-11-18(12-14-20)25(30)28-22-9-4-3-8-21(22)27/h2-5,7-14,17H,6,15-16,27H2,1H3,(H,28,30). The van der Waals surface area contributed by atoms with Gasteiger partial charge in [-0.3, -0.25) is 14.4 Å². The van der Waals surface area contributed by atoms with Crippen LogP contribution in [0.1, 0.15) is 27.3 Å². The Morgan fingerprint density at radius 1 is 1.00 bits per heavy atom. The van der Waals surface area contributed by atoms with Crippen molar-refractivity contribution in [2.75, 3.05) is 31.3 Å². The Bertz CT molecular complexity index is 1250. The second-order valence-electron chi connectivity index (χ2n) is 7.51. The normalized spacial score (nSPS) is 10.7. The minimum atomic E-state index is -0.354. The van der Waals surface area contributed by atoms with Crippen molar-refractivity contribution >= 4 is 34.2 Å². The fraction of sp³-hybridized carbons (Fsp3) is 0.154. The number of ether oxygens (including phenoxy) is 1. The molecule has 0 unspecified atom stereocenters. The average molecular weight is 460 g/mol. The van der Waals surface area contributed by atoms with E-state index in [0.29, 0.717) is 47.8 Å². The zero-order chi connectivity index (χ0) is 23.9. The number of carbonyl (C=O) groups excluding carboxylic acids is 2. The number of hydroxylamine groups is 2. The lowest BCUT2D eigenvalue weighted by Gasteiger charge is -2.18. The van der Waals surface area contributed by atoms with Gasteiger partial charge in [0, 0.05) is 17.4 Å². The molecular weight excluding hydrogens is 434 g/mol. The molecule has 1 aromatic heterocycles. The molecule has 3 aromatic carbocycles. The van der Waals surface area contributed by atoms with Gasteiger partial charge in [-0.05, 0) is 48.5 Å². The number of hydrogen-bond acceptors (Lipinski definition) is 6. The van der Waals surface area contributed by atoms with E-state index in [-0.39, 0.29) is 17.6 Å². The average Bonchev–Trinajstić information content (AvgIpc) is 3.30. The summed E-state index contributed by atoms with van der Waals surface area (Å²) >= 11 is 0. The minimum absolute atomic E-state index is 0.218. The molecule has 0 saturated carbocycles. The van der Waals surface area contributed by atoms with Gasteiger partial charge < -0.3 is 20.2 Å². The van der Waals surface area contributed by atoms with Crippen molar-refractivity contribution in [2.24, 2.45) is 0 Å². The summed E-state index contributed by atoms with van der Waals surface area (Å²) in [5, 5.41) is 4.88. The quantitative estimate of drug-likeness (QED) is 0.213. The predicted molar refractivity (Wildman–Crippen MR) is 130 cm³/mol. The van der Waals surface area contributed by atoms with E-state index in [4.69, 9.17) is 19.7 Å². The van der Waals surface area contributed by atoms with Crippen LogP contribution in [0, 0.1) is 0 Å². The number of carbonyl (C=O) groups is 2. The van der Waals surface area contributed by atoms with Crippen molar-refractivity contribution in [1.29, 1.82) is 0 Å². The Kier molecular flexibility index (Phi) is 7.10. The number of furan rings is 1. The van der Waals surface area contributed by atoms with E-state index >= 15 is 0 Å². The molecule has 4 rings (SSSR count). The fourth-order valence-electron chi connectivity index (χ4n) is 3.39. The van der Waals surface area contributed by atoms with E-state index in [1.165, 1.54) is 12.2 Å². The predicted octanol–water partition coefficient (Wildman–Crippen LogP) is 4.74. The fourth-order valence-corrected chi connectivity index (χ4v) is 3.39. The van der Waals surface area contributed by atoms with Gasteiger partial charge in [0.25, 0.3) is 5.91 Å². The third kappa shape index (κ3) is 5.36. The summed E-state index contributed by atoms with van der Waals surface area (Å²) in [5.74, 6) is 0.218. The van der Waals surface area contributed by atoms with Gasteiger partial charge in [0.1, 0.15) is 11.3 Å². The number of para-hydroxylation sites is 3. The van der Waals surface area contributed by atoms with Gasteiger partial charge in [-0.15, -0.1) is 0 Å². The zero-order valence-corrected chi connectivity index (χ0v) is 18.7. The van der Waals surface area contributed by atoms with Crippen LogP contribution in [0.2, 0.25) is 0 Å². The highest BCUT2D eigenvalue weighted by Crippen LogP contribution is 2.21. The first kappa shape index (κ1) is 22.9. The molecule has 0 saturated heterocycles. The van der Waals surface area contributed by atoms with Gasteiger partial charge in [0.2, 0.25) is 0 Å². The van der Waals surface area contributed by atoms with Gasteiger partial charge in [-0.25, -0.2) is 5.06 Å². The molecule has 0 fully saturated rings. The Morgan fingerprint density at radius 3 is 2.47 bits per heavy atom. The maximum absolute atomic E-state index is 12.7. The maximum Gasteiger partial charge on any atom is 0.313 e. The third-order valence-corrected chi connectivity index (χ3v) is 5.18. The number of rotatable bonds is 9. The van der Waals surface area contributed by atoms with Crippen LogP contribution in [-0.2, 0) is 4.84 Å². The molecule has 0 aliphatic heterocycles. The van der Waals surface area contributed by atoms with E-state index in [1.54, 1.807) is 54.6 Å². The van der Waals surface area contributed by atoms with Crippen molar-refractivity contribution in [3.8, 4) is 5.75 Å². The summed E-state index contributed by atoms with van der Waals surface area (Å²) < 4.78 is 11.4. The molecule has 2 amide bonds. The molecule has 34 heavy (non-hydrogen) atoms. The summed E-state index contributed by atoms with van der Waals surface area (Å²) in [7, 11) is 1.44. The molecular formula is C26H25N3O5. The zero-order valence-electron chi connectivity index (χ0n) is 18.7. The molecule has 3 N–H and O–H groups in total. The van der Waals surface area contributed by atoms with Gasteiger partial charge >= 0.3 is 5.91 Å². The van der Waals surface area contributed by atoms with E-state index < -0.39 is 0 Å². The number of nitrogens with one attached hydrogen (secondary N) is 1. The second kappa shape index (κ2) is 10.5. The molecule has 4 aromatic rings. The van der Waals surface area contributed by atoms with Crippen molar-refractivity contribution in [3.05, 3.63) is 90.2 Å². The number of anilines is 2. The molecule has 0 bridgehead atoms. The number of nitrogens with zero attached hydrogens (tertiary/aromatic N) is 1. The van der Waals surface area contributed by atoms with Crippen molar-refractivity contribution in [1.82, 2.24) is 5.06 Å². The van der Waals surface area contributed by atoms with Crippen LogP contribution < -0.4 is 15.8 Å². The molecule has 0 spiro atoms. The van der Waals surface area contributed by atoms with Crippen LogP contribution in [0.4, 0.5) is 11.4 Å². The highest BCUT2D eigenvalue weighted by atomic mass is 16.7. The van der Waals surface area contributed by atoms with E-state index in [0.717, 1.165) is 5.39 Å². The first-order valence-electron chi connectivity index (χ1n) is 10.8. The molecule has 8 nitrogen and oxygen atoms in total. The van der Waals surface area contributed by atoms with E-state index in [1.807, 2.05) is 24.3 Å². The maximum atomic E-state index is 12.7. The monoisotopic (exact) mass is 459 g/mol. The molecule has 0 aliphatic carbocycles. The summed E-state index contributed by atoms with van der Waals surface area (Å²) in [4.78, 5) is 30.3. The first-order chi connectivity index (χ1) is 16.5. The third-order valence-electron chi connectivity index (χ3n) is 5.18. The van der Waals surface area contributed by atoms with Crippen molar-refractivity contribution in [3.63, 3.8) is 0 Å². The largest absolute Gasteiger partial charge is 0.494 e. The lowest BCUT2D eigenvalue weighted by atomic mass is 10.2. The van der Waals surface area contributed by atoms with Gasteiger partial charge in [0.05, 0.1) is 31.6 Å². The first-order valence-corrected chi connectivity index (χ1v) is 10.8. The van der Waals surface area contributed by atoms with Crippen LogP contribution in [-0.4, -0.2) is 37.1 Å². The Hall–Kier alpha value is -4.30. The lowest BCUT2D eigenvalue weighted by molar-refractivity contribution is -0.0979. The number of fused-ring (bicyclic) bond motifs is 1. The number of nitrogens with two attached hydrogens (primary N) is 1. The van der Waals surface area contributed by atoms with Gasteiger partial charge in [0.15, 0.2) is 5.76 Å². The number of benzene rings is 3. The Balaban J connectivity index is 1.26. The molecule has 1 heterocycles. The van der Waals surface area contributed by atoms with Gasteiger partial charge in [-0.1, -0.05) is 30.3 Å². The molecule has 174 valence electrons. The molecule has 0 radical (unpaired) electrons. The second-order valence-corrected chi connectivity index (χ2v) is 7.51. The van der Waals surface area contributed by atoms with Crippen molar-refractivity contribution in [2.45, 2.75) is 6.42 Å². The topological polar surface area (TPSA) is 107 Å². The molecule has 0 atom stereocenters. The highest BCUT2D eigenvalue weighted by Gasteiger charge is 2.20. The smallest absolute Gasteiger partial charge is 0.313 e. The summed E-state index contributed by atoms with van der Waals surface area (Å²) in [6.07, 6.45) is 0.537. The number of amides is 2. The summed E-state index contributed by atoms with van der Waals surface area (Å²) in [6, 6.07) is 23.0. The molecule has 0 aliphatic rings. The number of hydrogen-bond donors (Lipinski definition) is 2. The van der Waals surface area contributed by atoms with E-state index in [2.05, 4.69) is 5.32 Å². The van der Waals surface area contributed by atoms with E-state index in [9.17, 15) is 9.59 Å².